The maximum absolute atomic E-state index is 12.1. The highest BCUT2D eigenvalue weighted by molar-refractivity contribution is 5.35. The Kier molecular flexibility index (Phi) is 2.43. The molecular weight excluding hydrogens is 226 g/mol. The zero-order chi connectivity index (χ0) is 11.8. The standard InChI is InChI=1S/C10H11N3O4/c14-5-9-16-6-8(17-9)13-3-1-7-11-2-4-12(7)10(13)15/h1-4,8-9,14H,5-6H2. The topological polar surface area (TPSA) is 78.0 Å². The molecule has 2 atom stereocenters. The van der Waals surface area contributed by atoms with Crippen LogP contribution in [0.5, 0.6) is 0 Å². The second kappa shape index (κ2) is 3.95. The van der Waals surface area contributed by atoms with Gasteiger partial charge in [-0.15, -0.1) is 0 Å². The minimum absolute atomic E-state index is 0.224. The zero-order valence-electron chi connectivity index (χ0n) is 8.89. The quantitative estimate of drug-likeness (QED) is 0.751. The minimum Gasteiger partial charge on any atom is -0.391 e. The van der Waals surface area contributed by atoms with Gasteiger partial charge in [0.2, 0.25) is 0 Å². The number of fused-ring (bicyclic) bond motifs is 1. The van der Waals surface area contributed by atoms with Gasteiger partial charge in [-0.05, 0) is 6.07 Å². The van der Waals surface area contributed by atoms with E-state index in [0.717, 1.165) is 0 Å². The molecule has 0 amide bonds. The first kappa shape index (κ1) is 10.5. The van der Waals surface area contributed by atoms with Crippen molar-refractivity contribution < 1.29 is 14.6 Å². The Hall–Kier alpha value is -1.70. The Labute approximate surface area is 95.8 Å². The van der Waals surface area contributed by atoms with Crippen LogP contribution in [0.3, 0.4) is 0 Å². The fourth-order valence-electron chi connectivity index (χ4n) is 1.84. The molecule has 3 heterocycles. The number of aliphatic hydroxyl groups is 1. The lowest BCUT2D eigenvalue weighted by atomic mass is 10.5. The van der Waals surface area contributed by atoms with Crippen molar-refractivity contribution in [3.8, 4) is 0 Å². The van der Waals surface area contributed by atoms with Crippen LogP contribution in [-0.4, -0.2) is 38.6 Å². The van der Waals surface area contributed by atoms with Crippen molar-refractivity contribution in [1.82, 2.24) is 14.0 Å². The van der Waals surface area contributed by atoms with Crippen LogP contribution in [0.1, 0.15) is 6.23 Å². The number of aliphatic hydroxyl groups excluding tert-OH is 1. The second-order valence-electron chi connectivity index (χ2n) is 3.70. The fourth-order valence-corrected chi connectivity index (χ4v) is 1.84. The van der Waals surface area contributed by atoms with Gasteiger partial charge in [0.05, 0.1) is 13.2 Å². The normalized spacial score (nSPS) is 24.5. The molecule has 17 heavy (non-hydrogen) atoms. The van der Waals surface area contributed by atoms with E-state index in [4.69, 9.17) is 14.6 Å². The van der Waals surface area contributed by atoms with E-state index in [1.807, 2.05) is 0 Å². The molecule has 2 aromatic rings. The molecule has 7 heteroatoms. The monoisotopic (exact) mass is 237 g/mol. The van der Waals surface area contributed by atoms with Gasteiger partial charge in [-0.2, -0.15) is 0 Å². The van der Waals surface area contributed by atoms with Crippen LogP contribution < -0.4 is 5.69 Å². The van der Waals surface area contributed by atoms with Crippen LogP contribution in [0.2, 0.25) is 0 Å². The van der Waals surface area contributed by atoms with E-state index in [1.54, 1.807) is 24.7 Å². The molecule has 0 bridgehead atoms. The van der Waals surface area contributed by atoms with E-state index < -0.39 is 12.5 Å². The van der Waals surface area contributed by atoms with E-state index >= 15 is 0 Å². The first-order valence-electron chi connectivity index (χ1n) is 5.22. The number of nitrogens with zero attached hydrogens (tertiary/aromatic N) is 3. The van der Waals surface area contributed by atoms with E-state index in [2.05, 4.69) is 4.98 Å². The van der Waals surface area contributed by atoms with Gasteiger partial charge in [0.25, 0.3) is 0 Å². The Bertz CT molecular complexity index is 590. The summed E-state index contributed by atoms with van der Waals surface area (Å²) in [6, 6.07) is 1.72. The van der Waals surface area contributed by atoms with Crippen LogP contribution in [0.15, 0.2) is 29.5 Å². The van der Waals surface area contributed by atoms with Crippen molar-refractivity contribution in [3.05, 3.63) is 35.1 Å². The molecule has 1 fully saturated rings. The van der Waals surface area contributed by atoms with Crippen molar-refractivity contribution in [3.63, 3.8) is 0 Å². The van der Waals surface area contributed by atoms with Gasteiger partial charge < -0.3 is 14.6 Å². The van der Waals surface area contributed by atoms with Crippen molar-refractivity contribution >= 4 is 5.65 Å². The molecule has 2 unspecified atom stereocenters. The highest BCUT2D eigenvalue weighted by Crippen LogP contribution is 2.18. The van der Waals surface area contributed by atoms with Crippen LogP contribution in [0, 0.1) is 0 Å². The number of rotatable bonds is 2. The van der Waals surface area contributed by atoms with Crippen molar-refractivity contribution in [2.24, 2.45) is 0 Å². The number of aromatic nitrogens is 3. The molecule has 2 aromatic heterocycles. The summed E-state index contributed by atoms with van der Waals surface area (Å²) < 4.78 is 13.4. The number of hydrogen-bond acceptors (Lipinski definition) is 5. The van der Waals surface area contributed by atoms with Crippen molar-refractivity contribution in [2.75, 3.05) is 13.2 Å². The molecule has 0 aliphatic carbocycles. The highest BCUT2D eigenvalue weighted by atomic mass is 16.7. The molecule has 0 spiro atoms. The smallest absolute Gasteiger partial charge is 0.336 e. The van der Waals surface area contributed by atoms with Crippen LogP contribution >= 0.6 is 0 Å². The minimum atomic E-state index is -0.662. The highest BCUT2D eigenvalue weighted by Gasteiger charge is 2.27. The van der Waals surface area contributed by atoms with Crippen LogP contribution in [0.25, 0.3) is 5.65 Å². The van der Waals surface area contributed by atoms with Gasteiger partial charge >= 0.3 is 5.69 Å². The summed E-state index contributed by atoms with van der Waals surface area (Å²) in [6.45, 7) is 0.0178. The third kappa shape index (κ3) is 1.64. The molecule has 0 radical (unpaired) electrons. The summed E-state index contributed by atoms with van der Waals surface area (Å²) in [5.41, 5.74) is 0.344. The zero-order valence-corrected chi connectivity index (χ0v) is 8.89. The Morgan fingerprint density at radius 1 is 1.53 bits per heavy atom. The molecule has 90 valence electrons. The lowest BCUT2D eigenvalue weighted by Crippen LogP contribution is -2.30. The number of hydrogen-bond donors (Lipinski definition) is 1. The lowest BCUT2D eigenvalue weighted by molar-refractivity contribution is -0.0993. The summed E-state index contributed by atoms with van der Waals surface area (Å²) in [5, 5.41) is 8.89. The third-order valence-electron chi connectivity index (χ3n) is 2.67. The summed E-state index contributed by atoms with van der Waals surface area (Å²) in [5.74, 6) is 0. The molecule has 0 aromatic carbocycles. The van der Waals surface area contributed by atoms with E-state index in [0.29, 0.717) is 5.65 Å². The average molecular weight is 237 g/mol. The molecule has 0 saturated carbocycles. The van der Waals surface area contributed by atoms with E-state index in [9.17, 15) is 4.79 Å². The fraction of sp³-hybridized carbons (Fsp3) is 0.400. The average Bonchev–Trinajstić information content (AvgIpc) is 2.97. The maximum atomic E-state index is 12.1. The van der Waals surface area contributed by atoms with Gasteiger partial charge in [-0.25, -0.2) is 9.78 Å². The molecule has 1 saturated heterocycles. The summed E-state index contributed by atoms with van der Waals surface area (Å²) in [6.07, 6.45) is 3.59. The molecular formula is C10H11N3O4. The summed E-state index contributed by atoms with van der Waals surface area (Å²) in [7, 11) is 0. The predicted molar refractivity (Wildman–Crippen MR) is 56.4 cm³/mol. The molecule has 1 N–H and O–H groups in total. The maximum Gasteiger partial charge on any atom is 0.336 e. The molecule has 1 aliphatic rings. The Balaban J connectivity index is 2.01. The van der Waals surface area contributed by atoms with Gasteiger partial charge in [0.15, 0.2) is 12.5 Å². The van der Waals surface area contributed by atoms with E-state index in [-0.39, 0.29) is 18.9 Å². The van der Waals surface area contributed by atoms with Gasteiger partial charge in [0.1, 0.15) is 5.65 Å². The van der Waals surface area contributed by atoms with Gasteiger partial charge in [0, 0.05) is 18.6 Å². The van der Waals surface area contributed by atoms with Gasteiger partial charge in [-0.3, -0.25) is 8.97 Å². The first-order chi connectivity index (χ1) is 8.29. The molecule has 3 rings (SSSR count). The lowest BCUT2D eigenvalue weighted by Gasteiger charge is -2.12. The number of imidazole rings is 1. The number of ether oxygens (including phenoxy) is 2. The summed E-state index contributed by atoms with van der Waals surface area (Å²) >= 11 is 0. The van der Waals surface area contributed by atoms with Gasteiger partial charge in [-0.1, -0.05) is 0 Å². The Morgan fingerprint density at radius 3 is 3.18 bits per heavy atom. The first-order valence-corrected chi connectivity index (χ1v) is 5.22. The van der Waals surface area contributed by atoms with Crippen molar-refractivity contribution in [2.45, 2.75) is 12.5 Å². The third-order valence-corrected chi connectivity index (χ3v) is 2.67. The molecule has 1 aliphatic heterocycles. The predicted octanol–water partition coefficient (Wildman–Crippen LogP) is -0.640. The van der Waals surface area contributed by atoms with Crippen LogP contribution in [-0.2, 0) is 9.47 Å². The van der Waals surface area contributed by atoms with E-state index in [1.165, 1.54) is 8.97 Å². The van der Waals surface area contributed by atoms with Crippen LogP contribution in [0.4, 0.5) is 0 Å². The van der Waals surface area contributed by atoms with Crippen molar-refractivity contribution in [1.29, 1.82) is 0 Å². The largest absolute Gasteiger partial charge is 0.391 e. The molecule has 7 nitrogen and oxygen atoms in total. The second-order valence-corrected chi connectivity index (χ2v) is 3.70. The summed E-state index contributed by atoms with van der Waals surface area (Å²) in [4.78, 5) is 16.1. The SMILES string of the molecule is O=c1n(C2COC(CO)O2)ccc2nccn12. The Morgan fingerprint density at radius 2 is 2.41 bits per heavy atom.